The Morgan fingerprint density at radius 3 is 2.48 bits per heavy atom. The first-order chi connectivity index (χ1) is 12.9. The van der Waals surface area contributed by atoms with Crippen molar-refractivity contribution in [2.24, 2.45) is 0 Å². The van der Waals surface area contributed by atoms with Crippen molar-refractivity contribution in [3.8, 4) is 11.1 Å². The summed E-state index contributed by atoms with van der Waals surface area (Å²) in [6.45, 7) is 0.393. The van der Waals surface area contributed by atoms with Crippen molar-refractivity contribution >= 4 is 21.6 Å². The Kier molecular flexibility index (Phi) is 5.72. The molecule has 0 atom stereocenters. The predicted molar refractivity (Wildman–Crippen MR) is 102 cm³/mol. The van der Waals surface area contributed by atoms with E-state index in [1.165, 1.54) is 10.4 Å². The summed E-state index contributed by atoms with van der Waals surface area (Å²) in [6.07, 6.45) is 2.21. The van der Waals surface area contributed by atoms with Gasteiger partial charge in [0, 0.05) is 18.7 Å². The molecule has 0 amide bonds. The molecular weight excluding hydrogens is 369 g/mol. The van der Waals surface area contributed by atoms with Crippen LogP contribution in [0.1, 0.15) is 12.0 Å². The van der Waals surface area contributed by atoms with Crippen LogP contribution < -0.4 is 0 Å². The monoisotopic (exact) mass is 389 g/mol. The minimum absolute atomic E-state index is 0.150. The number of methoxy groups -OCH3 is 1. The maximum atomic E-state index is 14.6. The summed E-state index contributed by atoms with van der Waals surface area (Å²) in [4.78, 5) is 11.3. The summed E-state index contributed by atoms with van der Waals surface area (Å²) < 4.78 is 44.6. The lowest BCUT2D eigenvalue weighted by Crippen LogP contribution is -2.38. The maximum Gasteiger partial charge on any atom is 0.322 e. The maximum absolute atomic E-state index is 14.6. The molecule has 1 aliphatic rings. The molecule has 0 saturated heterocycles. The van der Waals surface area contributed by atoms with E-state index >= 15 is 0 Å². The number of carbonyl (C=O) groups is 1. The highest BCUT2D eigenvalue weighted by atomic mass is 32.2. The van der Waals surface area contributed by atoms with Crippen LogP contribution in [0.25, 0.3) is 16.7 Å². The summed E-state index contributed by atoms with van der Waals surface area (Å²) in [7, 11) is -2.56. The molecule has 0 N–H and O–H groups in total. The van der Waals surface area contributed by atoms with Crippen molar-refractivity contribution in [3.05, 3.63) is 66.0 Å². The van der Waals surface area contributed by atoms with Gasteiger partial charge >= 0.3 is 5.97 Å². The third-order valence-corrected chi connectivity index (χ3v) is 6.24. The third-order valence-electron chi connectivity index (χ3n) is 4.52. The third kappa shape index (κ3) is 4.43. The molecule has 0 aromatic heterocycles. The van der Waals surface area contributed by atoms with Crippen molar-refractivity contribution in [3.63, 3.8) is 0 Å². The van der Waals surface area contributed by atoms with Gasteiger partial charge in [-0.25, -0.2) is 12.8 Å². The number of hydrogen-bond acceptors (Lipinski definition) is 4. The van der Waals surface area contributed by atoms with Crippen LogP contribution in [0.2, 0.25) is 0 Å². The second kappa shape index (κ2) is 8.02. The van der Waals surface area contributed by atoms with E-state index in [-0.39, 0.29) is 18.9 Å². The molecule has 142 valence electrons. The van der Waals surface area contributed by atoms with Crippen LogP contribution in [0.3, 0.4) is 0 Å². The van der Waals surface area contributed by atoms with Crippen molar-refractivity contribution in [1.29, 1.82) is 0 Å². The Labute approximate surface area is 158 Å². The summed E-state index contributed by atoms with van der Waals surface area (Å²) in [6, 6.07) is 14.3. The molecule has 2 aromatic rings. The highest BCUT2D eigenvalue weighted by Crippen LogP contribution is 2.29. The van der Waals surface area contributed by atoms with E-state index in [9.17, 15) is 17.6 Å². The fourth-order valence-corrected chi connectivity index (χ4v) is 4.30. The van der Waals surface area contributed by atoms with Crippen LogP contribution in [0.4, 0.5) is 4.39 Å². The molecule has 0 aliphatic carbocycles. The quantitative estimate of drug-likeness (QED) is 0.738. The molecule has 2 aromatic carbocycles. The van der Waals surface area contributed by atoms with Gasteiger partial charge in [-0.05, 0) is 29.2 Å². The Morgan fingerprint density at radius 2 is 1.89 bits per heavy atom. The number of nitrogens with zero attached hydrogens (tertiary/aromatic N) is 1. The van der Waals surface area contributed by atoms with Crippen LogP contribution in [0, 0.1) is 5.82 Å². The van der Waals surface area contributed by atoms with Gasteiger partial charge in [0.25, 0.3) is 0 Å². The van der Waals surface area contributed by atoms with E-state index in [1.54, 1.807) is 12.1 Å². The number of halogens is 1. The van der Waals surface area contributed by atoms with E-state index < -0.39 is 21.7 Å². The number of sulfonamides is 1. The average Bonchev–Trinajstić information content (AvgIpc) is 2.68. The second-order valence-electron chi connectivity index (χ2n) is 6.23. The number of carbonyl (C=O) groups excluding carboxylic acids is 1. The smallest absolute Gasteiger partial charge is 0.322 e. The normalized spacial score (nSPS) is 15.3. The summed E-state index contributed by atoms with van der Waals surface area (Å²) >= 11 is 0. The van der Waals surface area contributed by atoms with Gasteiger partial charge in [0.1, 0.15) is 5.82 Å². The summed E-state index contributed by atoms with van der Waals surface area (Å²) in [5, 5.41) is 0. The lowest BCUT2D eigenvalue weighted by atomic mass is 9.96. The van der Waals surface area contributed by atoms with E-state index in [2.05, 4.69) is 4.74 Å². The van der Waals surface area contributed by atoms with E-state index in [0.29, 0.717) is 12.0 Å². The lowest BCUT2D eigenvalue weighted by molar-refractivity contribution is -0.137. The fourth-order valence-electron chi connectivity index (χ4n) is 3.03. The zero-order chi connectivity index (χ0) is 19.4. The van der Waals surface area contributed by atoms with Gasteiger partial charge in [0.2, 0.25) is 10.0 Å². The fraction of sp³-hybridized carbons (Fsp3) is 0.250. The first-order valence-corrected chi connectivity index (χ1v) is 10.1. The standard InChI is InChI=1S/C20H20FNO4S/c1-26-20(23)14-27(24,25)22-11-9-15(10-12-22)17-7-8-18(19(21)13-17)16-5-3-2-4-6-16/h2-9,13H,10-12,14H2,1H3. The van der Waals surface area contributed by atoms with Crippen molar-refractivity contribution in [2.45, 2.75) is 6.42 Å². The highest BCUT2D eigenvalue weighted by molar-refractivity contribution is 7.89. The zero-order valence-corrected chi connectivity index (χ0v) is 15.7. The molecular formula is C20H20FNO4S. The molecule has 1 heterocycles. The average molecular weight is 389 g/mol. The van der Waals surface area contributed by atoms with E-state index in [0.717, 1.165) is 23.8 Å². The SMILES string of the molecule is COC(=O)CS(=O)(=O)N1CC=C(c2ccc(-c3ccccc3)c(F)c2)CC1. The zero-order valence-electron chi connectivity index (χ0n) is 14.9. The molecule has 3 rings (SSSR count). The molecule has 0 bridgehead atoms. The molecule has 0 radical (unpaired) electrons. The molecule has 0 spiro atoms. The van der Waals surface area contributed by atoms with Gasteiger partial charge < -0.3 is 4.74 Å². The predicted octanol–water partition coefficient (Wildman–Crippen LogP) is 3.08. The van der Waals surface area contributed by atoms with Crippen LogP contribution in [-0.2, 0) is 19.6 Å². The summed E-state index contributed by atoms with van der Waals surface area (Å²) in [5.41, 5.74) is 2.95. The van der Waals surface area contributed by atoms with Crippen LogP contribution in [0.15, 0.2) is 54.6 Å². The van der Waals surface area contributed by atoms with Crippen LogP contribution in [0.5, 0.6) is 0 Å². The van der Waals surface area contributed by atoms with Crippen molar-refractivity contribution in [1.82, 2.24) is 4.31 Å². The molecule has 27 heavy (non-hydrogen) atoms. The first kappa shape index (κ1) is 19.3. The van der Waals surface area contributed by atoms with Gasteiger partial charge in [0.05, 0.1) is 7.11 Å². The number of benzene rings is 2. The number of rotatable bonds is 5. The van der Waals surface area contributed by atoms with Gasteiger partial charge in [-0.3, -0.25) is 4.79 Å². The molecule has 7 heteroatoms. The van der Waals surface area contributed by atoms with Gasteiger partial charge in [-0.15, -0.1) is 0 Å². The van der Waals surface area contributed by atoms with Gasteiger partial charge in [-0.2, -0.15) is 4.31 Å². The molecule has 5 nitrogen and oxygen atoms in total. The van der Waals surface area contributed by atoms with E-state index in [4.69, 9.17) is 0 Å². The van der Waals surface area contributed by atoms with Crippen LogP contribution >= 0.6 is 0 Å². The topological polar surface area (TPSA) is 63.7 Å². The Hall–Kier alpha value is -2.51. The van der Waals surface area contributed by atoms with Gasteiger partial charge in [0.15, 0.2) is 5.75 Å². The molecule has 0 saturated carbocycles. The Balaban J connectivity index is 1.76. The Morgan fingerprint density at radius 1 is 1.15 bits per heavy atom. The second-order valence-corrected chi connectivity index (χ2v) is 8.20. The van der Waals surface area contributed by atoms with Crippen LogP contribution in [-0.4, -0.2) is 44.6 Å². The minimum atomic E-state index is -3.71. The number of hydrogen-bond donors (Lipinski definition) is 0. The largest absolute Gasteiger partial charge is 0.468 e. The lowest BCUT2D eigenvalue weighted by Gasteiger charge is -2.25. The first-order valence-electron chi connectivity index (χ1n) is 8.50. The van der Waals surface area contributed by atoms with Crippen molar-refractivity contribution < 1.29 is 22.3 Å². The van der Waals surface area contributed by atoms with Gasteiger partial charge in [-0.1, -0.05) is 48.5 Å². The summed E-state index contributed by atoms with van der Waals surface area (Å²) in [5.74, 6) is -1.78. The minimum Gasteiger partial charge on any atom is -0.468 e. The van der Waals surface area contributed by atoms with Crippen molar-refractivity contribution in [2.75, 3.05) is 26.0 Å². The Bertz CT molecular complexity index is 971. The highest BCUT2D eigenvalue weighted by Gasteiger charge is 2.27. The number of esters is 1. The molecule has 0 unspecified atom stereocenters. The number of ether oxygens (including phenoxy) is 1. The molecule has 1 aliphatic heterocycles. The molecule has 0 fully saturated rings. The van der Waals surface area contributed by atoms with E-state index in [1.807, 2.05) is 36.4 Å².